The molecule has 3 unspecified atom stereocenters. The number of nitrogens with two attached hydrogens (primary N) is 1. The summed E-state index contributed by atoms with van der Waals surface area (Å²) in [6.07, 6.45) is -0.663. The molecule has 114 valence electrons. The number of halogens is 3. The van der Waals surface area contributed by atoms with Gasteiger partial charge in [-0.15, -0.1) is 0 Å². The van der Waals surface area contributed by atoms with Crippen molar-refractivity contribution < 1.29 is 17.9 Å². The van der Waals surface area contributed by atoms with Crippen molar-refractivity contribution in [1.82, 2.24) is 0 Å². The molecule has 1 rings (SSSR count). The molecule has 0 aliphatic heterocycles. The number of alkyl halides is 3. The Morgan fingerprint density at radius 3 is 2.42 bits per heavy atom. The van der Waals surface area contributed by atoms with E-state index in [4.69, 9.17) is 10.5 Å². The van der Waals surface area contributed by atoms with Gasteiger partial charge in [0.1, 0.15) is 0 Å². The van der Waals surface area contributed by atoms with E-state index >= 15 is 0 Å². The molecular formula is C14H26F3NO. The fourth-order valence-electron chi connectivity index (χ4n) is 2.77. The fraction of sp³-hybridized carbons (Fsp3) is 1.00. The minimum absolute atomic E-state index is 0.00645. The molecule has 0 saturated heterocycles. The van der Waals surface area contributed by atoms with Crippen LogP contribution in [-0.4, -0.2) is 24.9 Å². The van der Waals surface area contributed by atoms with Gasteiger partial charge in [-0.25, -0.2) is 0 Å². The summed E-state index contributed by atoms with van der Waals surface area (Å²) in [5.74, 6) is -1.17. The highest BCUT2D eigenvalue weighted by Crippen LogP contribution is 2.41. The lowest BCUT2D eigenvalue weighted by Gasteiger charge is -2.35. The van der Waals surface area contributed by atoms with Gasteiger partial charge in [-0.05, 0) is 51.9 Å². The Kier molecular flexibility index (Phi) is 5.68. The highest BCUT2D eigenvalue weighted by molar-refractivity contribution is 4.84. The zero-order valence-corrected chi connectivity index (χ0v) is 12.1. The predicted octanol–water partition coefficient (Wildman–Crippen LogP) is 3.89. The molecule has 0 bridgehead atoms. The second-order valence-electron chi connectivity index (χ2n) is 6.33. The summed E-state index contributed by atoms with van der Waals surface area (Å²) in [5.41, 5.74) is 5.84. The van der Waals surface area contributed by atoms with Crippen molar-refractivity contribution in [3.63, 3.8) is 0 Å². The molecule has 0 radical (unpaired) electrons. The first-order valence-electron chi connectivity index (χ1n) is 7.03. The van der Waals surface area contributed by atoms with E-state index in [1.54, 1.807) is 7.11 Å². The highest BCUT2D eigenvalue weighted by Gasteiger charge is 2.43. The van der Waals surface area contributed by atoms with E-state index in [2.05, 4.69) is 0 Å². The Morgan fingerprint density at radius 2 is 1.89 bits per heavy atom. The first-order valence-corrected chi connectivity index (χ1v) is 7.03. The molecule has 0 aromatic heterocycles. The van der Waals surface area contributed by atoms with E-state index in [1.807, 2.05) is 13.8 Å². The second-order valence-corrected chi connectivity index (χ2v) is 6.33. The van der Waals surface area contributed by atoms with Crippen LogP contribution in [0.25, 0.3) is 0 Å². The SMILES string of the molecule is COC(C)(C)CCC(N)C1CCCC(C(F)(F)F)C1. The summed E-state index contributed by atoms with van der Waals surface area (Å²) in [5, 5.41) is 0. The van der Waals surface area contributed by atoms with E-state index in [-0.39, 0.29) is 30.4 Å². The number of rotatable bonds is 5. The number of hydrogen-bond donors (Lipinski definition) is 1. The van der Waals surface area contributed by atoms with Gasteiger partial charge in [-0.3, -0.25) is 0 Å². The Hall–Kier alpha value is -0.290. The van der Waals surface area contributed by atoms with Gasteiger partial charge in [0, 0.05) is 13.2 Å². The first-order chi connectivity index (χ1) is 8.65. The topological polar surface area (TPSA) is 35.2 Å². The Morgan fingerprint density at radius 1 is 1.26 bits per heavy atom. The summed E-state index contributed by atoms with van der Waals surface area (Å²) in [6, 6.07) is -0.153. The van der Waals surface area contributed by atoms with Crippen LogP contribution in [-0.2, 0) is 4.74 Å². The summed E-state index contributed by atoms with van der Waals surface area (Å²) in [7, 11) is 1.64. The summed E-state index contributed by atoms with van der Waals surface area (Å²) in [6.45, 7) is 3.94. The molecule has 19 heavy (non-hydrogen) atoms. The molecule has 2 N–H and O–H groups in total. The standard InChI is InChI=1S/C14H26F3NO/c1-13(2,19-3)8-7-12(18)10-5-4-6-11(9-10)14(15,16)17/h10-12H,4-9,18H2,1-3H3. The van der Waals surface area contributed by atoms with E-state index in [9.17, 15) is 13.2 Å². The fourth-order valence-corrected chi connectivity index (χ4v) is 2.77. The number of ether oxygens (including phenoxy) is 1. The molecule has 5 heteroatoms. The molecule has 0 heterocycles. The van der Waals surface area contributed by atoms with Crippen molar-refractivity contribution in [2.75, 3.05) is 7.11 Å². The summed E-state index contributed by atoms with van der Waals surface area (Å²) in [4.78, 5) is 0. The number of methoxy groups -OCH3 is 1. The number of hydrogen-bond acceptors (Lipinski definition) is 2. The van der Waals surface area contributed by atoms with E-state index < -0.39 is 12.1 Å². The van der Waals surface area contributed by atoms with E-state index in [1.165, 1.54) is 0 Å². The molecule has 0 amide bonds. The molecule has 1 aliphatic rings. The van der Waals surface area contributed by atoms with Crippen molar-refractivity contribution in [2.45, 2.75) is 70.2 Å². The second kappa shape index (κ2) is 6.44. The molecule has 1 saturated carbocycles. The smallest absolute Gasteiger partial charge is 0.379 e. The van der Waals surface area contributed by atoms with Crippen LogP contribution in [0.2, 0.25) is 0 Å². The van der Waals surface area contributed by atoms with Crippen LogP contribution in [0, 0.1) is 11.8 Å². The maximum Gasteiger partial charge on any atom is 0.391 e. The maximum absolute atomic E-state index is 12.7. The monoisotopic (exact) mass is 281 g/mol. The van der Waals surface area contributed by atoms with E-state index in [0.29, 0.717) is 6.42 Å². The van der Waals surface area contributed by atoms with Crippen LogP contribution < -0.4 is 5.73 Å². The predicted molar refractivity (Wildman–Crippen MR) is 69.8 cm³/mol. The normalized spacial score (nSPS) is 27.3. The van der Waals surface area contributed by atoms with Gasteiger partial charge in [0.05, 0.1) is 11.5 Å². The first kappa shape index (κ1) is 16.8. The minimum Gasteiger partial charge on any atom is -0.379 e. The van der Waals surface area contributed by atoms with Gasteiger partial charge < -0.3 is 10.5 Å². The van der Waals surface area contributed by atoms with Gasteiger partial charge >= 0.3 is 6.18 Å². The van der Waals surface area contributed by atoms with Gasteiger partial charge in [0.2, 0.25) is 0 Å². The molecule has 0 spiro atoms. The van der Waals surface area contributed by atoms with Crippen LogP contribution in [0.15, 0.2) is 0 Å². The van der Waals surface area contributed by atoms with Crippen molar-refractivity contribution >= 4 is 0 Å². The van der Waals surface area contributed by atoms with Crippen LogP contribution >= 0.6 is 0 Å². The van der Waals surface area contributed by atoms with Gasteiger partial charge in [0.25, 0.3) is 0 Å². The molecule has 1 fully saturated rings. The van der Waals surface area contributed by atoms with Crippen molar-refractivity contribution in [3.05, 3.63) is 0 Å². The third-order valence-electron chi connectivity index (χ3n) is 4.42. The van der Waals surface area contributed by atoms with Crippen LogP contribution in [0.3, 0.4) is 0 Å². The lowest BCUT2D eigenvalue weighted by atomic mass is 9.76. The molecular weight excluding hydrogens is 255 g/mol. The van der Waals surface area contributed by atoms with Gasteiger partial charge in [-0.2, -0.15) is 13.2 Å². The quantitative estimate of drug-likeness (QED) is 0.829. The van der Waals surface area contributed by atoms with Crippen LogP contribution in [0.4, 0.5) is 13.2 Å². The third-order valence-corrected chi connectivity index (χ3v) is 4.42. The maximum atomic E-state index is 12.7. The largest absolute Gasteiger partial charge is 0.391 e. The van der Waals surface area contributed by atoms with Gasteiger partial charge in [-0.1, -0.05) is 6.42 Å². The lowest BCUT2D eigenvalue weighted by Crippen LogP contribution is -2.39. The average molecular weight is 281 g/mol. The Labute approximate surface area is 113 Å². The Bertz CT molecular complexity index is 278. The van der Waals surface area contributed by atoms with Crippen LogP contribution in [0.1, 0.15) is 52.4 Å². The molecule has 0 aromatic rings. The van der Waals surface area contributed by atoms with Gasteiger partial charge in [0.15, 0.2) is 0 Å². The van der Waals surface area contributed by atoms with Crippen molar-refractivity contribution in [3.8, 4) is 0 Å². The Balaban J connectivity index is 2.46. The third kappa shape index (κ3) is 5.30. The van der Waals surface area contributed by atoms with E-state index in [0.717, 1.165) is 19.3 Å². The zero-order chi connectivity index (χ0) is 14.7. The minimum atomic E-state index is -4.07. The summed E-state index contributed by atoms with van der Waals surface area (Å²) < 4.78 is 43.6. The van der Waals surface area contributed by atoms with Crippen molar-refractivity contribution in [1.29, 1.82) is 0 Å². The molecule has 2 nitrogen and oxygen atoms in total. The van der Waals surface area contributed by atoms with Crippen molar-refractivity contribution in [2.24, 2.45) is 17.6 Å². The molecule has 0 aromatic carbocycles. The zero-order valence-electron chi connectivity index (χ0n) is 12.1. The lowest BCUT2D eigenvalue weighted by molar-refractivity contribution is -0.186. The van der Waals surface area contributed by atoms with Crippen LogP contribution in [0.5, 0.6) is 0 Å². The average Bonchev–Trinajstić information content (AvgIpc) is 2.35. The molecule has 1 aliphatic carbocycles. The highest BCUT2D eigenvalue weighted by atomic mass is 19.4. The molecule has 3 atom stereocenters. The summed E-state index contributed by atoms with van der Waals surface area (Å²) >= 11 is 0.